The van der Waals surface area contributed by atoms with Crippen molar-refractivity contribution in [3.63, 3.8) is 0 Å². The van der Waals surface area contributed by atoms with Crippen LogP contribution < -0.4 is 5.32 Å². The third-order valence-electron chi connectivity index (χ3n) is 4.18. The smallest absolute Gasteiger partial charge is 0.311 e. The first-order chi connectivity index (χ1) is 9.84. The van der Waals surface area contributed by atoms with Crippen molar-refractivity contribution in [2.75, 3.05) is 0 Å². The van der Waals surface area contributed by atoms with E-state index in [0.717, 1.165) is 25.0 Å². The van der Waals surface area contributed by atoms with Crippen molar-refractivity contribution in [1.29, 1.82) is 0 Å². The van der Waals surface area contributed by atoms with Gasteiger partial charge in [0.2, 0.25) is 0 Å². The van der Waals surface area contributed by atoms with Crippen LogP contribution in [0.5, 0.6) is 0 Å². The molecule has 2 atom stereocenters. The number of hydrogen-bond acceptors (Lipinski definition) is 2. The van der Waals surface area contributed by atoms with Gasteiger partial charge in [-0.15, -0.1) is 0 Å². The Balaban J connectivity index is 2.19. The van der Waals surface area contributed by atoms with Crippen LogP contribution in [0.1, 0.15) is 43.0 Å². The highest BCUT2D eigenvalue weighted by Crippen LogP contribution is 2.36. The number of carboxylic acid groups (broad SMARTS) is 1. The zero-order chi connectivity index (χ0) is 15.6. The van der Waals surface area contributed by atoms with Crippen molar-refractivity contribution >= 4 is 23.5 Å². The van der Waals surface area contributed by atoms with E-state index in [9.17, 15) is 19.1 Å². The first-order valence-corrected chi connectivity index (χ1v) is 7.21. The Bertz CT molecular complexity index is 578. The molecule has 1 saturated carbocycles. The van der Waals surface area contributed by atoms with E-state index in [1.165, 1.54) is 6.07 Å². The van der Waals surface area contributed by atoms with E-state index in [2.05, 4.69) is 5.32 Å². The quantitative estimate of drug-likeness (QED) is 0.900. The second-order valence-corrected chi connectivity index (χ2v) is 6.03. The second-order valence-electron chi connectivity index (χ2n) is 5.62. The lowest BCUT2D eigenvalue weighted by Crippen LogP contribution is -2.52. The lowest BCUT2D eigenvalue weighted by atomic mass is 9.71. The van der Waals surface area contributed by atoms with Gasteiger partial charge in [0.15, 0.2) is 0 Å². The number of hydrogen-bond donors (Lipinski definition) is 2. The van der Waals surface area contributed by atoms with E-state index in [1.54, 1.807) is 6.92 Å². The fraction of sp³-hybridized carbons (Fsp3) is 0.467. The number of carboxylic acids is 1. The number of amides is 1. The summed E-state index contributed by atoms with van der Waals surface area (Å²) in [5.74, 6) is -1.92. The van der Waals surface area contributed by atoms with Crippen LogP contribution >= 0.6 is 11.6 Å². The number of carbonyl (C=O) groups excluding carboxylic acids is 1. The van der Waals surface area contributed by atoms with Gasteiger partial charge in [-0.1, -0.05) is 24.4 Å². The molecule has 2 rings (SSSR count). The van der Waals surface area contributed by atoms with Crippen molar-refractivity contribution in [2.24, 2.45) is 5.41 Å². The summed E-state index contributed by atoms with van der Waals surface area (Å²) in [7, 11) is 0. The van der Waals surface area contributed by atoms with Crippen LogP contribution in [0.15, 0.2) is 18.2 Å². The highest BCUT2D eigenvalue weighted by molar-refractivity contribution is 6.33. The monoisotopic (exact) mass is 313 g/mol. The molecule has 114 valence electrons. The standard InChI is InChI=1S/C15H17ClFNO3/c1-15(14(20)21)7-3-2-4-12(15)18-13(19)10-6-5-9(17)8-11(10)16/h5-6,8,12H,2-4,7H2,1H3,(H,18,19)(H,20,21). The van der Waals surface area contributed by atoms with Crippen LogP contribution in [0.3, 0.4) is 0 Å². The first-order valence-electron chi connectivity index (χ1n) is 6.84. The molecule has 0 aliphatic heterocycles. The molecule has 1 aromatic carbocycles. The normalized spacial score (nSPS) is 25.4. The average Bonchev–Trinajstić information content (AvgIpc) is 2.41. The molecule has 0 heterocycles. The molecule has 0 bridgehead atoms. The van der Waals surface area contributed by atoms with Crippen molar-refractivity contribution in [2.45, 2.75) is 38.6 Å². The van der Waals surface area contributed by atoms with Gasteiger partial charge >= 0.3 is 5.97 Å². The molecule has 6 heteroatoms. The van der Waals surface area contributed by atoms with Crippen molar-refractivity contribution in [3.05, 3.63) is 34.6 Å². The van der Waals surface area contributed by atoms with Crippen LogP contribution in [-0.2, 0) is 4.79 Å². The molecular formula is C15H17ClFNO3. The van der Waals surface area contributed by atoms with Crippen LogP contribution in [0.2, 0.25) is 5.02 Å². The summed E-state index contributed by atoms with van der Waals surface area (Å²) < 4.78 is 13.0. The van der Waals surface area contributed by atoms with Crippen LogP contribution in [-0.4, -0.2) is 23.0 Å². The second kappa shape index (κ2) is 6.02. The Hall–Kier alpha value is -1.62. The number of benzene rings is 1. The van der Waals surface area contributed by atoms with Gasteiger partial charge < -0.3 is 10.4 Å². The lowest BCUT2D eigenvalue weighted by molar-refractivity contribution is -0.151. The predicted octanol–water partition coefficient (Wildman–Crippen LogP) is 3.24. The van der Waals surface area contributed by atoms with Gasteiger partial charge in [0.1, 0.15) is 5.82 Å². The van der Waals surface area contributed by atoms with Crippen molar-refractivity contribution in [3.8, 4) is 0 Å². The predicted molar refractivity (Wildman–Crippen MR) is 76.9 cm³/mol. The van der Waals surface area contributed by atoms with E-state index < -0.39 is 29.2 Å². The molecule has 0 spiro atoms. The van der Waals surface area contributed by atoms with E-state index in [0.29, 0.717) is 12.8 Å². The number of nitrogens with one attached hydrogen (secondary N) is 1. The molecule has 1 aliphatic rings. The summed E-state index contributed by atoms with van der Waals surface area (Å²) in [6, 6.07) is 3.05. The molecular weight excluding hydrogens is 297 g/mol. The van der Waals surface area contributed by atoms with Gasteiger partial charge in [-0.3, -0.25) is 9.59 Å². The molecule has 0 saturated heterocycles. The average molecular weight is 314 g/mol. The Morgan fingerprint density at radius 1 is 1.43 bits per heavy atom. The third-order valence-corrected chi connectivity index (χ3v) is 4.49. The topological polar surface area (TPSA) is 66.4 Å². The summed E-state index contributed by atoms with van der Waals surface area (Å²) >= 11 is 5.86. The van der Waals surface area contributed by atoms with Gasteiger partial charge in [-0.25, -0.2) is 4.39 Å². The minimum Gasteiger partial charge on any atom is -0.481 e. The van der Waals surface area contributed by atoms with E-state index in [1.807, 2.05) is 0 Å². The minimum atomic E-state index is -0.986. The Morgan fingerprint density at radius 3 is 2.76 bits per heavy atom. The SMILES string of the molecule is CC1(C(=O)O)CCCCC1NC(=O)c1ccc(F)cc1Cl. The maximum atomic E-state index is 13.0. The zero-order valence-corrected chi connectivity index (χ0v) is 12.4. The van der Waals surface area contributed by atoms with Crippen LogP contribution in [0, 0.1) is 11.2 Å². The largest absolute Gasteiger partial charge is 0.481 e. The number of carbonyl (C=O) groups is 2. The van der Waals surface area contributed by atoms with Crippen molar-refractivity contribution in [1.82, 2.24) is 5.32 Å². The molecule has 4 nitrogen and oxygen atoms in total. The molecule has 1 amide bonds. The Morgan fingerprint density at radius 2 is 2.14 bits per heavy atom. The molecule has 1 aromatic rings. The Labute approximate surface area is 127 Å². The maximum absolute atomic E-state index is 13.0. The van der Waals surface area contributed by atoms with Gasteiger partial charge in [0.05, 0.1) is 16.0 Å². The number of aliphatic carboxylic acids is 1. The molecule has 2 N–H and O–H groups in total. The summed E-state index contributed by atoms with van der Waals surface area (Å²) in [4.78, 5) is 23.7. The highest BCUT2D eigenvalue weighted by atomic mass is 35.5. The van der Waals surface area contributed by atoms with E-state index in [4.69, 9.17) is 11.6 Å². The molecule has 1 aliphatic carbocycles. The first kappa shape index (κ1) is 15.8. The third kappa shape index (κ3) is 3.18. The zero-order valence-electron chi connectivity index (χ0n) is 11.7. The molecule has 1 fully saturated rings. The summed E-state index contributed by atoms with van der Waals surface area (Å²) in [5.41, 5.74) is -0.836. The van der Waals surface area contributed by atoms with E-state index in [-0.39, 0.29) is 10.6 Å². The van der Waals surface area contributed by atoms with Gasteiger partial charge in [-0.05, 0) is 38.0 Å². The lowest BCUT2D eigenvalue weighted by Gasteiger charge is -2.38. The molecule has 0 radical (unpaired) electrons. The summed E-state index contributed by atoms with van der Waals surface area (Å²) in [6.45, 7) is 1.64. The molecule has 2 unspecified atom stereocenters. The highest BCUT2D eigenvalue weighted by Gasteiger charge is 2.44. The van der Waals surface area contributed by atoms with Gasteiger partial charge in [0.25, 0.3) is 5.91 Å². The van der Waals surface area contributed by atoms with E-state index >= 15 is 0 Å². The maximum Gasteiger partial charge on any atom is 0.311 e. The van der Waals surface area contributed by atoms with Crippen LogP contribution in [0.25, 0.3) is 0 Å². The van der Waals surface area contributed by atoms with Crippen molar-refractivity contribution < 1.29 is 19.1 Å². The number of halogens is 2. The molecule has 0 aromatic heterocycles. The summed E-state index contributed by atoms with van der Waals surface area (Å²) in [5, 5.41) is 12.2. The summed E-state index contributed by atoms with van der Waals surface area (Å²) in [6.07, 6.45) is 2.81. The molecule has 21 heavy (non-hydrogen) atoms. The fourth-order valence-electron chi connectivity index (χ4n) is 2.73. The van der Waals surface area contributed by atoms with Gasteiger partial charge in [-0.2, -0.15) is 0 Å². The number of rotatable bonds is 3. The van der Waals surface area contributed by atoms with Crippen LogP contribution in [0.4, 0.5) is 4.39 Å². The fourth-order valence-corrected chi connectivity index (χ4v) is 2.98. The van der Waals surface area contributed by atoms with Gasteiger partial charge in [0, 0.05) is 6.04 Å². The Kier molecular flexibility index (Phi) is 4.52. The minimum absolute atomic E-state index is 0.0142.